The van der Waals surface area contributed by atoms with Crippen LogP contribution >= 0.6 is 0 Å². The van der Waals surface area contributed by atoms with Crippen molar-refractivity contribution in [3.05, 3.63) is 47.4 Å². The summed E-state index contributed by atoms with van der Waals surface area (Å²) < 4.78 is 2.16. The third-order valence-electron chi connectivity index (χ3n) is 4.23. The van der Waals surface area contributed by atoms with Crippen LogP contribution in [0.3, 0.4) is 0 Å². The van der Waals surface area contributed by atoms with E-state index in [-0.39, 0.29) is 5.91 Å². The van der Waals surface area contributed by atoms with Gasteiger partial charge in [0.1, 0.15) is 11.5 Å². The Hall–Kier alpha value is -2.69. The first kappa shape index (κ1) is 13.9. The normalized spacial score (nSPS) is 13.7. The van der Waals surface area contributed by atoms with E-state index in [9.17, 15) is 4.79 Å². The molecule has 0 saturated heterocycles. The zero-order valence-corrected chi connectivity index (χ0v) is 13.4. The Kier molecular flexibility index (Phi) is 2.98. The molecule has 0 fully saturated rings. The summed E-state index contributed by atoms with van der Waals surface area (Å²) in [4.78, 5) is 20.7. The topological polar surface area (TPSA) is 59.8 Å². The van der Waals surface area contributed by atoms with Crippen molar-refractivity contribution in [2.24, 2.45) is 0 Å². The van der Waals surface area contributed by atoms with Crippen molar-refractivity contribution in [2.75, 3.05) is 5.32 Å². The molecule has 0 aliphatic carbocycles. The van der Waals surface area contributed by atoms with Crippen molar-refractivity contribution in [2.45, 2.75) is 33.1 Å². The molecule has 3 aromatic rings. The summed E-state index contributed by atoms with van der Waals surface area (Å²) in [5.74, 6) is 1.03. The summed E-state index contributed by atoms with van der Waals surface area (Å²) in [6, 6.07) is 8.35. The molecule has 0 atom stereocenters. The first-order chi connectivity index (χ1) is 11.0. The van der Waals surface area contributed by atoms with E-state index < -0.39 is 0 Å². The Morgan fingerprint density at radius 2 is 2.09 bits per heavy atom. The number of pyridine rings is 2. The van der Waals surface area contributed by atoms with Crippen LogP contribution in [0.2, 0.25) is 0 Å². The van der Waals surface area contributed by atoms with Crippen molar-refractivity contribution in [3.63, 3.8) is 0 Å². The molecular weight excluding hydrogens is 288 g/mol. The summed E-state index contributed by atoms with van der Waals surface area (Å²) in [5.41, 5.74) is 5.01. The molecule has 4 rings (SSSR count). The Morgan fingerprint density at radius 3 is 2.87 bits per heavy atom. The predicted octanol–water partition coefficient (Wildman–Crippen LogP) is 3.35. The summed E-state index contributed by atoms with van der Waals surface area (Å²) in [6.45, 7) is 6.34. The Bertz CT molecular complexity index is 940. The SMILES string of the molecule is Cc1ccc2cc(C(C)C)n(-c3cnc4c(c3)CC(=O)N4)c2n1. The van der Waals surface area contributed by atoms with Crippen LogP contribution in [0, 0.1) is 6.92 Å². The first-order valence-electron chi connectivity index (χ1n) is 7.81. The molecule has 0 saturated carbocycles. The number of nitrogens with zero attached hydrogens (tertiary/aromatic N) is 3. The molecule has 1 N–H and O–H groups in total. The number of hydrogen-bond donors (Lipinski definition) is 1. The van der Waals surface area contributed by atoms with Crippen LogP contribution in [0.1, 0.15) is 36.7 Å². The standard InChI is InChI=1S/C18H18N4O/c1-10(2)15-7-12-5-4-11(3)20-18(12)22(15)14-6-13-8-16(23)21-17(13)19-9-14/h4-7,9-10H,8H2,1-3H3,(H,19,21,23). The van der Waals surface area contributed by atoms with Crippen LogP contribution in [0.4, 0.5) is 5.82 Å². The number of fused-ring (bicyclic) bond motifs is 2. The van der Waals surface area contributed by atoms with E-state index in [0.29, 0.717) is 18.2 Å². The maximum Gasteiger partial charge on any atom is 0.230 e. The molecule has 116 valence electrons. The molecule has 5 nitrogen and oxygen atoms in total. The summed E-state index contributed by atoms with van der Waals surface area (Å²) >= 11 is 0. The van der Waals surface area contributed by atoms with Crippen molar-refractivity contribution in [1.82, 2.24) is 14.5 Å². The van der Waals surface area contributed by atoms with Crippen LogP contribution in [0.25, 0.3) is 16.7 Å². The Morgan fingerprint density at radius 1 is 1.26 bits per heavy atom. The summed E-state index contributed by atoms with van der Waals surface area (Å²) in [6.07, 6.45) is 2.19. The molecule has 4 heterocycles. The number of aromatic nitrogens is 3. The largest absolute Gasteiger partial charge is 0.310 e. The highest BCUT2D eigenvalue weighted by Gasteiger charge is 2.21. The molecule has 1 amide bonds. The number of rotatable bonds is 2. The average Bonchev–Trinajstić information content (AvgIpc) is 3.05. The van der Waals surface area contributed by atoms with E-state index in [2.05, 4.69) is 40.8 Å². The van der Waals surface area contributed by atoms with Gasteiger partial charge in [-0.3, -0.25) is 9.36 Å². The lowest BCUT2D eigenvalue weighted by Gasteiger charge is -2.13. The highest BCUT2D eigenvalue weighted by Crippen LogP contribution is 2.30. The van der Waals surface area contributed by atoms with Gasteiger partial charge >= 0.3 is 0 Å². The molecule has 0 spiro atoms. The number of anilines is 1. The van der Waals surface area contributed by atoms with Gasteiger partial charge in [-0.15, -0.1) is 0 Å². The lowest BCUT2D eigenvalue weighted by molar-refractivity contribution is -0.115. The quantitative estimate of drug-likeness (QED) is 0.790. The van der Waals surface area contributed by atoms with Crippen molar-refractivity contribution in [1.29, 1.82) is 0 Å². The molecule has 5 heteroatoms. The second kappa shape index (κ2) is 4.91. The maximum atomic E-state index is 11.6. The molecule has 0 aromatic carbocycles. The highest BCUT2D eigenvalue weighted by atomic mass is 16.1. The average molecular weight is 306 g/mol. The van der Waals surface area contributed by atoms with Crippen LogP contribution in [0.15, 0.2) is 30.5 Å². The Labute approximate surface area is 134 Å². The van der Waals surface area contributed by atoms with Gasteiger partial charge < -0.3 is 5.32 Å². The van der Waals surface area contributed by atoms with Gasteiger partial charge in [0.15, 0.2) is 0 Å². The van der Waals surface area contributed by atoms with E-state index in [0.717, 1.165) is 28.0 Å². The maximum absolute atomic E-state index is 11.6. The number of nitrogens with one attached hydrogen (secondary N) is 1. The monoisotopic (exact) mass is 306 g/mol. The Balaban J connectivity index is 1.97. The van der Waals surface area contributed by atoms with Crippen LogP contribution < -0.4 is 5.32 Å². The van der Waals surface area contributed by atoms with Gasteiger partial charge in [0, 0.05) is 22.3 Å². The molecular formula is C18H18N4O. The minimum absolute atomic E-state index is 0.0000617. The van der Waals surface area contributed by atoms with Gasteiger partial charge in [0.2, 0.25) is 5.91 Å². The minimum Gasteiger partial charge on any atom is -0.310 e. The second-order valence-electron chi connectivity index (χ2n) is 6.35. The number of carbonyl (C=O) groups is 1. The highest BCUT2D eigenvalue weighted by molar-refractivity contribution is 5.98. The number of carbonyl (C=O) groups excluding carboxylic acids is 1. The van der Waals surface area contributed by atoms with Gasteiger partial charge in [0.25, 0.3) is 0 Å². The lowest BCUT2D eigenvalue weighted by atomic mass is 10.1. The zero-order chi connectivity index (χ0) is 16.1. The van der Waals surface area contributed by atoms with Gasteiger partial charge in [-0.1, -0.05) is 13.8 Å². The molecule has 1 aliphatic rings. The molecule has 0 radical (unpaired) electrons. The number of hydrogen-bond acceptors (Lipinski definition) is 3. The smallest absolute Gasteiger partial charge is 0.230 e. The van der Waals surface area contributed by atoms with Gasteiger partial charge in [-0.2, -0.15) is 0 Å². The second-order valence-corrected chi connectivity index (χ2v) is 6.35. The van der Waals surface area contributed by atoms with Gasteiger partial charge in [0.05, 0.1) is 18.3 Å². The summed E-state index contributed by atoms with van der Waals surface area (Å²) in [5, 5.41) is 3.90. The van der Waals surface area contributed by atoms with E-state index in [1.54, 1.807) is 6.20 Å². The van der Waals surface area contributed by atoms with Gasteiger partial charge in [-0.25, -0.2) is 9.97 Å². The van der Waals surface area contributed by atoms with E-state index in [1.165, 1.54) is 5.69 Å². The number of amides is 1. The van der Waals surface area contributed by atoms with Crippen LogP contribution in [-0.2, 0) is 11.2 Å². The van der Waals surface area contributed by atoms with Crippen molar-refractivity contribution < 1.29 is 4.79 Å². The molecule has 3 aromatic heterocycles. The van der Waals surface area contributed by atoms with E-state index in [4.69, 9.17) is 4.98 Å². The third kappa shape index (κ3) is 2.20. The van der Waals surface area contributed by atoms with Crippen molar-refractivity contribution in [3.8, 4) is 5.69 Å². The van der Waals surface area contributed by atoms with E-state index >= 15 is 0 Å². The molecule has 0 unspecified atom stereocenters. The predicted molar refractivity (Wildman–Crippen MR) is 90.0 cm³/mol. The third-order valence-corrected chi connectivity index (χ3v) is 4.23. The molecule has 0 bridgehead atoms. The fourth-order valence-corrected chi connectivity index (χ4v) is 3.10. The zero-order valence-electron chi connectivity index (χ0n) is 13.4. The lowest BCUT2D eigenvalue weighted by Crippen LogP contribution is -2.05. The molecule has 23 heavy (non-hydrogen) atoms. The van der Waals surface area contributed by atoms with Gasteiger partial charge in [-0.05, 0) is 37.1 Å². The van der Waals surface area contributed by atoms with Crippen molar-refractivity contribution >= 4 is 22.8 Å². The summed E-state index contributed by atoms with van der Waals surface area (Å²) in [7, 11) is 0. The van der Waals surface area contributed by atoms with Crippen LogP contribution in [0.5, 0.6) is 0 Å². The van der Waals surface area contributed by atoms with Crippen LogP contribution in [-0.4, -0.2) is 20.4 Å². The number of aryl methyl sites for hydroxylation is 1. The van der Waals surface area contributed by atoms with E-state index in [1.807, 2.05) is 19.1 Å². The molecule has 1 aliphatic heterocycles. The fraction of sp³-hybridized carbons (Fsp3) is 0.278. The first-order valence-corrected chi connectivity index (χ1v) is 7.81. The fourth-order valence-electron chi connectivity index (χ4n) is 3.10. The minimum atomic E-state index is 0.0000617.